The third-order valence-corrected chi connectivity index (χ3v) is 6.22. The van der Waals surface area contributed by atoms with Crippen molar-refractivity contribution >= 4 is 32.6 Å². The van der Waals surface area contributed by atoms with E-state index < -0.39 is 0 Å². The minimum Gasteiger partial charge on any atom is -0.494 e. The Hall–Kier alpha value is -2.64. The third-order valence-electron chi connectivity index (χ3n) is 5.17. The van der Waals surface area contributed by atoms with Crippen LogP contribution in [0.4, 0.5) is 5.13 Å². The number of para-hydroxylation sites is 1. The summed E-state index contributed by atoms with van der Waals surface area (Å²) in [6, 6.07) is 13.3. The van der Waals surface area contributed by atoms with Gasteiger partial charge in [0.25, 0.3) is 5.91 Å². The van der Waals surface area contributed by atoms with Crippen molar-refractivity contribution in [2.45, 2.75) is 32.6 Å². The van der Waals surface area contributed by atoms with Crippen LogP contribution in [0.2, 0.25) is 0 Å². The number of anilines is 1. The number of rotatable bonds is 12. The molecular formula is C25H33N3O3S. The van der Waals surface area contributed by atoms with Crippen molar-refractivity contribution in [2.24, 2.45) is 0 Å². The second-order valence-electron chi connectivity index (χ2n) is 8.00. The zero-order valence-corrected chi connectivity index (χ0v) is 20.3. The van der Waals surface area contributed by atoms with Crippen LogP contribution in [-0.4, -0.2) is 56.7 Å². The average molecular weight is 456 g/mol. The first-order chi connectivity index (χ1) is 15.5. The van der Waals surface area contributed by atoms with Crippen LogP contribution >= 0.6 is 11.3 Å². The van der Waals surface area contributed by atoms with Gasteiger partial charge in [0, 0.05) is 12.1 Å². The molecule has 6 nitrogen and oxygen atoms in total. The van der Waals surface area contributed by atoms with Crippen molar-refractivity contribution in [1.29, 1.82) is 0 Å². The van der Waals surface area contributed by atoms with Crippen molar-refractivity contribution in [1.82, 2.24) is 9.88 Å². The quantitative estimate of drug-likeness (QED) is 0.339. The lowest BCUT2D eigenvalue weighted by atomic mass is 10.2. The van der Waals surface area contributed by atoms with E-state index in [9.17, 15) is 4.79 Å². The van der Waals surface area contributed by atoms with E-state index in [0.29, 0.717) is 23.8 Å². The Labute approximate surface area is 194 Å². The molecule has 0 aliphatic carbocycles. The van der Waals surface area contributed by atoms with E-state index in [2.05, 4.69) is 11.8 Å². The zero-order valence-electron chi connectivity index (χ0n) is 19.5. The lowest BCUT2D eigenvalue weighted by molar-refractivity contribution is 0.0986. The number of ether oxygens (including phenoxy) is 2. The second kappa shape index (κ2) is 11.8. The molecule has 0 aliphatic rings. The number of benzene rings is 2. The molecule has 0 N–H and O–H groups in total. The highest BCUT2D eigenvalue weighted by Gasteiger charge is 2.22. The first-order valence-corrected chi connectivity index (χ1v) is 12.0. The molecule has 172 valence electrons. The summed E-state index contributed by atoms with van der Waals surface area (Å²) >= 11 is 1.51. The number of unbranched alkanes of at least 4 members (excludes halogenated alkanes) is 2. The molecule has 3 aromatic rings. The van der Waals surface area contributed by atoms with Gasteiger partial charge in [-0.2, -0.15) is 0 Å². The fraction of sp³-hybridized carbons (Fsp3) is 0.440. The second-order valence-corrected chi connectivity index (χ2v) is 9.01. The van der Waals surface area contributed by atoms with E-state index >= 15 is 0 Å². The summed E-state index contributed by atoms with van der Waals surface area (Å²) in [5.74, 6) is 1.45. The molecule has 0 radical (unpaired) electrons. The molecule has 3 rings (SSSR count). The largest absolute Gasteiger partial charge is 0.494 e. The first-order valence-electron chi connectivity index (χ1n) is 11.2. The summed E-state index contributed by atoms with van der Waals surface area (Å²) in [5, 5.41) is 0.688. The van der Waals surface area contributed by atoms with Gasteiger partial charge in [-0.15, -0.1) is 0 Å². The minimum absolute atomic E-state index is 0.0562. The Morgan fingerprint density at radius 2 is 1.81 bits per heavy atom. The Bertz CT molecular complexity index is 1000. The van der Waals surface area contributed by atoms with E-state index in [0.717, 1.165) is 53.9 Å². The highest BCUT2D eigenvalue weighted by Crippen LogP contribution is 2.34. The Morgan fingerprint density at radius 1 is 1.03 bits per heavy atom. The van der Waals surface area contributed by atoms with Gasteiger partial charge in [-0.25, -0.2) is 4.98 Å². The Kier molecular flexibility index (Phi) is 8.88. The Balaban J connectivity index is 1.81. The van der Waals surface area contributed by atoms with E-state index in [1.807, 2.05) is 56.6 Å². The monoisotopic (exact) mass is 455 g/mol. The number of fused-ring (bicyclic) bond motifs is 1. The normalized spacial score (nSPS) is 11.2. The molecular weight excluding hydrogens is 422 g/mol. The Morgan fingerprint density at radius 3 is 2.50 bits per heavy atom. The molecule has 0 aliphatic heterocycles. The molecule has 1 aromatic heterocycles. The van der Waals surface area contributed by atoms with E-state index in [1.54, 1.807) is 12.0 Å². The maximum atomic E-state index is 13.5. The molecule has 0 saturated carbocycles. The van der Waals surface area contributed by atoms with Gasteiger partial charge >= 0.3 is 0 Å². The number of carbonyl (C=O) groups is 1. The molecule has 0 fully saturated rings. The standard InChI is InChI=1S/C25H33N3O3S/c1-5-6-7-18-31-20-14-12-19(13-15-20)24(29)28(17-9-16-27(2)3)25-26-23-21(30-4)10-8-11-22(23)32-25/h8,10-15H,5-7,9,16-18H2,1-4H3. The summed E-state index contributed by atoms with van der Waals surface area (Å²) in [7, 11) is 5.71. The molecule has 7 heteroatoms. The number of methoxy groups -OCH3 is 1. The maximum absolute atomic E-state index is 13.5. The predicted molar refractivity (Wildman–Crippen MR) is 132 cm³/mol. The molecule has 2 aromatic carbocycles. The minimum atomic E-state index is -0.0562. The SMILES string of the molecule is CCCCCOc1ccc(C(=O)N(CCCN(C)C)c2nc3c(OC)cccc3s2)cc1. The molecule has 0 saturated heterocycles. The predicted octanol–water partition coefficient (Wildman–Crippen LogP) is 5.47. The molecule has 32 heavy (non-hydrogen) atoms. The summed E-state index contributed by atoms with van der Waals surface area (Å²) in [4.78, 5) is 22.1. The van der Waals surface area contributed by atoms with Crippen LogP contribution in [0.25, 0.3) is 10.2 Å². The summed E-state index contributed by atoms with van der Waals surface area (Å²) < 4.78 is 12.2. The van der Waals surface area contributed by atoms with Gasteiger partial charge in [0.2, 0.25) is 0 Å². The first kappa shape index (κ1) is 24.0. The number of thiazole rings is 1. The number of amides is 1. The van der Waals surface area contributed by atoms with Crippen molar-refractivity contribution < 1.29 is 14.3 Å². The van der Waals surface area contributed by atoms with Gasteiger partial charge in [-0.3, -0.25) is 9.69 Å². The number of hydrogen-bond donors (Lipinski definition) is 0. The highest BCUT2D eigenvalue weighted by atomic mass is 32.1. The van der Waals surface area contributed by atoms with E-state index in [4.69, 9.17) is 14.5 Å². The van der Waals surface area contributed by atoms with Gasteiger partial charge in [-0.1, -0.05) is 37.2 Å². The number of hydrogen-bond acceptors (Lipinski definition) is 6. The fourth-order valence-electron chi connectivity index (χ4n) is 3.41. The molecule has 0 atom stereocenters. The molecule has 1 heterocycles. The summed E-state index contributed by atoms with van der Waals surface area (Å²) in [5.41, 5.74) is 1.42. The average Bonchev–Trinajstić information content (AvgIpc) is 3.23. The van der Waals surface area contributed by atoms with Crippen LogP contribution in [0, 0.1) is 0 Å². The summed E-state index contributed by atoms with van der Waals surface area (Å²) in [6.45, 7) is 4.36. The van der Waals surface area contributed by atoms with Crippen LogP contribution in [0.15, 0.2) is 42.5 Å². The number of carbonyl (C=O) groups excluding carboxylic acids is 1. The maximum Gasteiger partial charge on any atom is 0.260 e. The fourth-order valence-corrected chi connectivity index (χ4v) is 4.42. The van der Waals surface area contributed by atoms with Gasteiger partial charge in [0.05, 0.1) is 18.4 Å². The van der Waals surface area contributed by atoms with Gasteiger partial charge < -0.3 is 14.4 Å². The van der Waals surface area contributed by atoms with Crippen molar-refractivity contribution in [3.8, 4) is 11.5 Å². The van der Waals surface area contributed by atoms with Crippen LogP contribution in [0.5, 0.6) is 11.5 Å². The molecule has 0 bridgehead atoms. The van der Waals surface area contributed by atoms with Gasteiger partial charge in [0.1, 0.15) is 17.0 Å². The third kappa shape index (κ3) is 6.20. The van der Waals surface area contributed by atoms with E-state index in [-0.39, 0.29) is 5.91 Å². The van der Waals surface area contributed by atoms with E-state index in [1.165, 1.54) is 11.3 Å². The number of nitrogens with zero attached hydrogens (tertiary/aromatic N) is 3. The van der Waals surface area contributed by atoms with Crippen LogP contribution in [0.3, 0.4) is 0 Å². The highest BCUT2D eigenvalue weighted by molar-refractivity contribution is 7.22. The summed E-state index contributed by atoms with van der Waals surface area (Å²) in [6.07, 6.45) is 4.21. The molecule has 0 unspecified atom stereocenters. The van der Waals surface area contributed by atoms with Crippen molar-refractivity contribution in [3.63, 3.8) is 0 Å². The molecule has 1 amide bonds. The van der Waals surface area contributed by atoms with Crippen molar-refractivity contribution in [3.05, 3.63) is 48.0 Å². The number of aromatic nitrogens is 1. The van der Waals surface area contributed by atoms with Crippen LogP contribution in [0.1, 0.15) is 43.0 Å². The van der Waals surface area contributed by atoms with Gasteiger partial charge in [0.15, 0.2) is 5.13 Å². The van der Waals surface area contributed by atoms with Crippen LogP contribution < -0.4 is 14.4 Å². The lowest BCUT2D eigenvalue weighted by Crippen LogP contribution is -2.33. The van der Waals surface area contributed by atoms with Gasteiger partial charge in [-0.05, 0) is 69.9 Å². The van der Waals surface area contributed by atoms with Crippen LogP contribution in [-0.2, 0) is 0 Å². The molecule has 0 spiro atoms. The van der Waals surface area contributed by atoms with Crippen molar-refractivity contribution in [2.75, 3.05) is 45.8 Å². The lowest BCUT2D eigenvalue weighted by Gasteiger charge is -2.21. The smallest absolute Gasteiger partial charge is 0.260 e. The zero-order chi connectivity index (χ0) is 22.9. The topological polar surface area (TPSA) is 54.9 Å².